The summed E-state index contributed by atoms with van der Waals surface area (Å²) >= 11 is 0. The number of hydrogen-bond acceptors (Lipinski definition) is 7. The molecule has 0 aliphatic rings. The summed E-state index contributed by atoms with van der Waals surface area (Å²) in [5, 5.41) is 9.80. The van der Waals surface area contributed by atoms with Gasteiger partial charge in [-0.1, -0.05) is 71.6 Å². The number of methoxy groups -OCH3 is 1. The topological polar surface area (TPSA) is 120 Å². The molecule has 0 aromatic rings. The van der Waals surface area contributed by atoms with Crippen LogP contribution in [0.2, 0.25) is 0 Å². The van der Waals surface area contributed by atoms with E-state index in [1.165, 1.54) is 51.4 Å². The Morgan fingerprint density at radius 1 is 0.867 bits per heavy atom. The van der Waals surface area contributed by atoms with E-state index >= 15 is 0 Å². The lowest BCUT2D eigenvalue weighted by molar-refractivity contribution is -0.0386. The van der Waals surface area contributed by atoms with Crippen molar-refractivity contribution in [2.45, 2.75) is 90.3 Å². The van der Waals surface area contributed by atoms with Gasteiger partial charge in [0.2, 0.25) is 0 Å². The maximum atomic E-state index is 11.5. The van der Waals surface area contributed by atoms with Gasteiger partial charge in [0.1, 0.15) is 6.10 Å². The Bertz CT molecular complexity index is 426. The fourth-order valence-electron chi connectivity index (χ4n) is 3.02. The van der Waals surface area contributed by atoms with E-state index in [1.807, 2.05) is 0 Å². The second kappa shape index (κ2) is 19.6. The molecule has 0 aromatic heterocycles. The molecule has 0 aromatic carbocycles. The second-order valence-corrected chi connectivity index (χ2v) is 9.69. The Kier molecular flexibility index (Phi) is 19.6. The van der Waals surface area contributed by atoms with Crippen LogP contribution in [0.25, 0.3) is 0 Å². The number of phosphoric acid groups is 1. The zero-order chi connectivity index (χ0) is 22.7. The Balaban J connectivity index is 3.64. The third-order valence-corrected chi connectivity index (χ3v) is 5.79. The molecule has 0 rings (SSSR count). The first-order chi connectivity index (χ1) is 14.3. The summed E-state index contributed by atoms with van der Waals surface area (Å²) in [6.45, 7) is 4.59. The van der Waals surface area contributed by atoms with Gasteiger partial charge in [-0.25, -0.2) is 4.57 Å². The Labute approximate surface area is 183 Å². The molecular formula is C21H46NO7P. The maximum absolute atomic E-state index is 11.5. The molecule has 4 N–H and O–H groups in total. The van der Waals surface area contributed by atoms with Gasteiger partial charge in [-0.05, 0) is 12.3 Å². The molecule has 0 heterocycles. The van der Waals surface area contributed by atoms with Gasteiger partial charge in [-0.3, -0.25) is 9.05 Å². The highest BCUT2D eigenvalue weighted by atomic mass is 31.2. The Hall–Kier alpha value is -0.0500. The van der Waals surface area contributed by atoms with E-state index < -0.39 is 13.9 Å². The van der Waals surface area contributed by atoms with Gasteiger partial charge >= 0.3 is 7.82 Å². The van der Waals surface area contributed by atoms with Crippen LogP contribution in [-0.2, 0) is 23.1 Å². The first-order valence-electron chi connectivity index (χ1n) is 11.4. The van der Waals surface area contributed by atoms with Gasteiger partial charge in [0, 0.05) is 13.7 Å². The summed E-state index contributed by atoms with van der Waals surface area (Å²) < 4.78 is 31.6. The average Bonchev–Trinajstić information content (AvgIpc) is 2.70. The number of nitrogens with two attached hydrogens (primary N) is 1. The Morgan fingerprint density at radius 2 is 1.43 bits per heavy atom. The van der Waals surface area contributed by atoms with Crippen LogP contribution in [0.3, 0.4) is 0 Å². The molecule has 0 spiro atoms. The molecule has 0 saturated heterocycles. The van der Waals surface area contributed by atoms with Gasteiger partial charge in [-0.15, -0.1) is 0 Å². The lowest BCUT2D eigenvalue weighted by atomic mass is 10.0. The van der Waals surface area contributed by atoms with E-state index in [-0.39, 0.29) is 32.5 Å². The van der Waals surface area contributed by atoms with E-state index in [0.29, 0.717) is 6.61 Å². The normalized spacial score (nSPS) is 16.0. The van der Waals surface area contributed by atoms with E-state index in [0.717, 1.165) is 18.8 Å². The maximum Gasteiger partial charge on any atom is 0.472 e. The van der Waals surface area contributed by atoms with Crippen LogP contribution in [-0.4, -0.2) is 62.3 Å². The predicted molar refractivity (Wildman–Crippen MR) is 119 cm³/mol. The van der Waals surface area contributed by atoms with E-state index in [2.05, 4.69) is 18.4 Å². The molecule has 9 heteroatoms. The molecule has 0 amide bonds. The van der Waals surface area contributed by atoms with Gasteiger partial charge < -0.3 is 25.2 Å². The minimum Gasteiger partial charge on any atom is -0.388 e. The number of hydrogen-bond donors (Lipinski definition) is 3. The third kappa shape index (κ3) is 19.9. The molecule has 8 nitrogen and oxygen atoms in total. The van der Waals surface area contributed by atoms with Crippen molar-refractivity contribution in [1.29, 1.82) is 0 Å². The van der Waals surface area contributed by atoms with Crippen LogP contribution in [0.15, 0.2) is 0 Å². The largest absolute Gasteiger partial charge is 0.472 e. The Morgan fingerprint density at radius 3 is 1.97 bits per heavy atom. The van der Waals surface area contributed by atoms with Crippen molar-refractivity contribution in [3.05, 3.63) is 0 Å². The molecule has 182 valence electrons. The zero-order valence-corrected chi connectivity index (χ0v) is 20.2. The molecule has 0 bridgehead atoms. The molecule has 0 aliphatic heterocycles. The lowest BCUT2D eigenvalue weighted by Gasteiger charge is -2.18. The van der Waals surface area contributed by atoms with Crippen LogP contribution in [0.5, 0.6) is 0 Å². The van der Waals surface area contributed by atoms with Crippen LogP contribution >= 0.6 is 7.82 Å². The molecule has 2 unspecified atom stereocenters. The van der Waals surface area contributed by atoms with Gasteiger partial charge in [0.25, 0.3) is 0 Å². The SMILES string of the molecule is COC(CCCCCCCCCCC(C)C)COC[C@@H](O)COP(=O)(O)OCCN. The summed E-state index contributed by atoms with van der Waals surface area (Å²) in [7, 11) is -2.52. The highest BCUT2D eigenvalue weighted by molar-refractivity contribution is 7.47. The number of ether oxygens (including phenoxy) is 2. The zero-order valence-electron chi connectivity index (χ0n) is 19.3. The lowest BCUT2D eigenvalue weighted by Crippen LogP contribution is -2.26. The predicted octanol–water partition coefficient (Wildman–Crippen LogP) is 4.03. The van der Waals surface area contributed by atoms with Crippen molar-refractivity contribution in [1.82, 2.24) is 0 Å². The van der Waals surface area contributed by atoms with Crippen molar-refractivity contribution >= 4 is 7.82 Å². The summed E-state index contributed by atoms with van der Waals surface area (Å²) in [6.07, 6.45) is 11.4. The van der Waals surface area contributed by atoms with Crippen molar-refractivity contribution < 1.29 is 33.1 Å². The van der Waals surface area contributed by atoms with Crippen LogP contribution < -0.4 is 5.73 Å². The number of phosphoric ester groups is 1. The monoisotopic (exact) mass is 455 g/mol. The van der Waals surface area contributed by atoms with E-state index in [9.17, 15) is 14.6 Å². The standard InChI is InChI=1S/C21H46NO7P/c1-19(2)12-10-8-6-4-5-7-9-11-13-21(26-3)18-27-16-20(23)17-29-30(24,25)28-15-14-22/h19-21,23H,4-18,22H2,1-3H3,(H,24,25)/t20-,21?/m1/s1. The minimum absolute atomic E-state index is 0.00639. The van der Waals surface area contributed by atoms with Crippen molar-refractivity contribution in [2.24, 2.45) is 11.7 Å². The molecule has 0 saturated carbocycles. The first-order valence-corrected chi connectivity index (χ1v) is 12.9. The summed E-state index contributed by atoms with van der Waals surface area (Å²) in [5.41, 5.74) is 5.19. The molecule has 0 fully saturated rings. The first kappa shape index (κ1) is 29.9. The summed E-state index contributed by atoms with van der Waals surface area (Å²) in [4.78, 5) is 9.36. The van der Waals surface area contributed by atoms with Crippen molar-refractivity contribution in [3.8, 4) is 0 Å². The van der Waals surface area contributed by atoms with E-state index in [4.69, 9.17) is 19.7 Å². The quantitative estimate of drug-likeness (QED) is 0.165. The van der Waals surface area contributed by atoms with Crippen LogP contribution in [0, 0.1) is 5.92 Å². The molecule has 3 atom stereocenters. The summed E-state index contributed by atoms with van der Waals surface area (Å²) in [6, 6.07) is 0. The molecule has 0 aliphatic carbocycles. The minimum atomic E-state index is -4.18. The molecule has 30 heavy (non-hydrogen) atoms. The number of unbranched alkanes of at least 4 members (excludes halogenated alkanes) is 7. The summed E-state index contributed by atoms with van der Waals surface area (Å²) in [5.74, 6) is 0.819. The smallest absolute Gasteiger partial charge is 0.388 e. The fraction of sp³-hybridized carbons (Fsp3) is 1.00. The van der Waals surface area contributed by atoms with Crippen molar-refractivity contribution in [2.75, 3.05) is 40.1 Å². The highest BCUT2D eigenvalue weighted by Crippen LogP contribution is 2.42. The number of aliphatic hydroxyl groups is 1. The third-order valence-electron chi connectivity index (χ3n) is 4.81. The van der Waals surface area contributed by atoms with Crippen LogP contribution in [0.1, 0.15) is 78.1 Å². The molecule has 0 radical (unpaired) electrons. The highest BCUT2D eigenvalue weighted by Gasteiger charge is 2.22. The number of aliphatic hydroxyl groups excluding tert-OH is 1. The van der Waals surface area contributed by atoms with Gasteiger partial charge in [0.15, 0.2) is 0 Å². The van der Waals surface area contributed by atoms with Gasteiger partial charge in [-0.2, -0.15) is 0 Å². The van der Waals surface area contributed by atoms with E-state index in [1.54, 1.807) is 7.11 Å². The van der Waals surface area contributed by atoms with Crippen molar-refractivity contribution in [3.63, 3.8) is 0 Å². The fourth-order valence-corrected chi connectivity index (χ4v) is 3.79. The molecular weight excluding hydrogens is 409 g/mol. The van der Waals surface area contributed by atoms with Gasteiger partial charge in [0.05, 0.1) is 32.5 Å². The average molecular weight is 456 g/mol. The van der Waals surface area contributed by atoms with Crippen LogP contribution in [0.4, 0.5) is 0 Å². The number of rotatable bonds is 22. The second-order valence-electron chi connectivity index (χ2n) is 8.23.